The van der Waals surface area contributed by atoms with Crippen LogP contribution in [0.3, 0.4) is 0 Å². The number of allylic oxidation sites excluding steroid dienone is 1. The van der Waals surface area contributed by atoms with Gasteiger partial charge in [0.1, 0.15) is 12.4 Å². The molecule has 0 unspecified atom stereocenters. The highest BCUT2D eigenvalue weighted by atomic mass is 31.2. The summed E-state index contributed by atoms with van der Waals surface area (Å²) in [6, 6.07) is 5.77. The van der Waals surface area contributed by atoms with Crippen molar-refractivity contribution in [3.05, 3.63) is 35.9 Å². The van der Waals surface area contributed by atoms with E-state index in [0.717, 1.165) is 17.5 Å². The van der Waals surface area contributed by atoms with Gasteiger partial charge in [-0.2, -0.15) is 0 Å². The number of hydrogen-bond donors (Lipinski definition) is 1. The van der Waals surface area contributed by atoms with E-state index in [1.807, 2.05) is 51.1 Å². The third-order valence-corrected chi connectivity index (χ3v) is 4.07. The zero-order valence-electron chi connectivity index (χ0n) is 12.5. The van der Waals surface area contributed by atoms with E-state index in [0.29, 0.717) is 25.5 Å². The molecule has 0 aliphatic rings. The molecule has 5 heteroatoms. The molecule has 20 heavy (non-hydrogen) atoms. The lowest BCUT2D eigenvalue weighted by molar-refractivity contribution is 0.271. The molecule has 0 spiro atoms. The summed E-state index contributed by atoms with van der Waals surface area (Å²) in [7, 11) is -0.810. The van der Waals surface area contributed by atoms with Gasteiger partial charge in [-0.15, -0.1) is 0 Å². The van der Waals surface area contributed by atoms with Crippen LogP contribution in [0.1, 0.15) is 19.4 Å². The zero-order valence-corrected chi connectivity index (χ0v) is 13.4. The van der Waals surface area contributed by atoms with Crippen molar-refractivity contribution in [2.75, 3.05) is 31.7 Å². The molecule has 0 fully saturated rings. The van der Waals surface area contributed by atoms with Gasteiger partial charge in [0.05, 0.1) is 18.9 Å². The molecule has 0 aromatic heterocycles. The Morgan fingerprint density at radius 1 is 1.15 bits per heavy atom. The van der Waals surface area contributed by atoms with Gasteiger partial charge in [0.25, 0.3) is 0 Å². The Bertz CT molecular complexity index is 418. The second-order valence-corrected chi connectivity index (χ2v) is 5.72. The van der Waals surface area contributed by atoms with Crippen molar-refractivity contribution in [2.24, 2.45) is 0 Å². The van der Waals surface area contributed by atoms with Crippen LogP contribution in [0.2, 0.25) is 0 Å². The van der Waals surface area contributed by atoms with Gasteiger partial charge in [-0.1, -0.05) is 18.2 Å². The molecule has 1 rings (SSSR count). The predicted molar refractivity (Wildman–Crippen MR) is 85.3 cm³/mol. The predicted octanol–water partition coefficient (Wildman–Crippen LogP) is 3.90. The Labute approximate surface area is 122 Å². The topological polar surface area (TPSA) is 53.7 Å². The van der Waals surface area contributed by atoms with E-state index < -0.39 is 8.38 Å². The monoisotopic (exact) mass is 297 g/mol. The van der Waals surface area contributed by atoms with E-state index in [2.05, 4.69) is 0 Å². The van der Waals surface area contributed by atoms with Crippen LogP contribution >= 0.6 is 8.38 Å². The van der Waals surface area contributed by atoms with Gasteiger partial charge in [-0.25, -0.2) is 0 Å². The summed E-state index contributed by atoms with van der Waals surface area (Å²) < 4.78 is 16.7. The molecule has 1 aromatic carbocycles. The molecule has 0 saturated carbocycles. The average Bonchev–Trinajstić information content (AvgIpc) is 2.42. The SMILES string of the molecule is CCOP(C/C=C/COc1cc(C)ccc1N)OCC. The molecule has 4 nitrogen and oxygen atoms in total. The van der Waals surface area contributed by atoms with Gasteiger partial charge >= 0.3 is 0 Å². The summed E-state index contributed by atoms with van der Waals surface area (Å²) in [5.74, 6) is 0.728. The first-order chi connectivity index (χ1) is 9.67. The second kappa shape index (κ2) is 9.76. The summed E-state index contributed by atoms with van der Waals surface area (Å²) in [5.41, 5.74) is 7.64. The quantitative estimate of drug-likeness (QED) is 0.427. The van der Waals surface area contributed by atoms with E-state index in [-0.39, 0.29) is 0 Å². The second-order valence-electron chi connectivity index (χ2n) is 4.17. The molecule has 0 atom stereocenters. The molecule has 0 bridgehead atoms. The van der Waals surface area contributed by atoms with Crippen molar-refractivity contribution in [3.8, 4) is 5.75 Å². The van der Waals surface area contributed by atoms with Crippen molar-refractivity contribution in [3.63, 3.8) is 0 Å². The number of rotatable bonds is 9. The number of nitrogens with two attached hydrogens (primary N) is 1. The Hall–Kier alpha value is -1.09. The maximum absolute atomic E-state index is 5.85. The lowest BCUT2D eigenvalue weighted by Gasteiger charge is -2.13. The third kappa shape index (κ3) is 6.38. The van der Waals surface area contributed by atoms with Gasteiger partial charge in [0.2, 0.25) is 0 Å². The fourth-order valence-electron chi connectivity index (χ4n) is 1.56. The van der Waals surface area contributed by atoms with Crippen LogP contribution in [0.5, 0.6) is 5.75 Å². The standard InChI is InChI=1S/C15H24NO3P/c1-4-18-20(19-5-2)11-7-6-10-17-15-12-13(3)8-9-14(15)16/h6-9,12H,4-5,10-11,16H2,1-3H3/b7-6+. The summed E-state index contributed by atoms with van der Waals surface area (Å²) in [6.45, 7) is 7.81. The van der Waals surface area contributed by atoms with Crippen molar-refractivity contribution >= 4 is 14.1 Å². The maximum Gasteiger partial charge on any atom is 0.174 e. The number of ether oxygens (including phenoxy) is 1. The Balaban J connectivity index is 2.35. The molecular weight excluding hydrogens is 273 g/mol. The fraction of sp³-hybridized carbons (Fsp3) is 0.467. The van der Waals surface area contributed by atoms with Crippen LogP contribution < -0.4 is 10.5 Å². The molecule has 0 aliphatic carbocycles. The van der Waals surface area contributed by atoms with Crippen molar-refractivity contribution in [1.29, 1.82) is 0 Å². The molecule has 0 amide bonds. The van der Waals surface area contributed by atoms with Gasteiger partial charge < -0.3 is 19.5 Å². The number of benzene rings is 1. The van der Waals surface area contributed by atoms with Crippen LogP contribution in [0.15, 0.2) is 30.4 Å². The van der Waals surface area contributed by atoms with E-state index >= 15 is 0 Å². The van der Waals surface area contributed by atoms with Crippen molar-refractivity contribution in [2.45, 2.75) is 20.8 Å². The van der Waals surface area contributed by atoms with Crippen molar-refractivity contribution < 1.29 is 13.8 Å². The zero-order chi connectivity index (χ0) is 14.8. The lowest BCUT2D eigenvalue weighted by atomic mass is 10.2. The summed E-state index contributed by atoms with van der Waals surface area (Å²) in [4.78, 5) is 0. The Morgan fingerprint density at radius 2 is 1.85 bits per heavy atom. The first-order valence-electron chi connectivity index (χ1n) is 6.84. The number of aryl methyl sites for hydroxylation is 1. The van der Waals surface area contributed by atoms with Crippen molar-refractivity contribution in [1.82, 2.24) is 0 Å². The Kier molecular flexibility index (Phi) is 8.28. The molecule has 0 saturated heterocycles. The van der Waals surface area contributed by atoms with Gasteiger partial charge in [-0.05, 0) is 38.5 Å². The van der Waals surface area contributed by atoms with Crippen LogP contribution in [0.25, 0.3) is 0 Å². The van der Waals surface area contributed by atoms with Gasteiger partial charge in [0.15, 0.2) is 8.38 Å². The minimum absolute atomic E-state index is 0.495. The van der Waals surface area contributed by atoms with E-state index in [1.54, 1.807) is 0 Å². The largest absolute Gasteiger partial charge is 0.487 e. The first kappa shape index (κ1) is 17.0. The highest BCUT2D eigenvalue weighted by molar-refractivity contribution is 7.47. The van der Waals surface area contributed by atoms with Crippen LogP contribution in [-0.2, 0) is 9.05 Å². The molecule has 0 aliphatic heterocycles. The van der Waals surface area contributed by atoms with E-state index in [1.165, 1.54) is 0 Å². The first-order valence-corrected chi connectivity index (χ1v) is 8.21. The molecule has 0 heterocycles. The minimum atomic E-state index is -0.810. The molecule has 112 valence electrons. The van der Waals surface area contributed by atoms with Crippen LogP contribution in [0, 0.1) is 6.92 Å². The van der Waals surface area contributed by atoms with Gasteiger partial charge in [0, 0.05) is 6.16 Å². The highest BCUT2D eigenvalue weighted by Crippen LogP contribution is 2.37. The molecule has 2 N–H and O–H groups in total. The maximum atomic E-state index is 5.85. The van der Waals surface area contributed by atoms with Crippen LogP contribution in [0.4, 0.5) is 5.69 Å². The fourth-order valence-corrected chi connectivity index (χ4v) is 2.75. The Morgan fingerprint density at radius 3 is 2.50 bits per heavy atom. The molecule has 1 aromatic rings. The van der Waals surface area contributed by atoms with E-state index in [9.17, 15) is 0 Å². The van der Waals surface area contributed by atoms with E-state index in [4.69, 9.17) is 19.5 Å². The smallest absolute Gasteiger partial charge is 0.174 e. The number of hydrogen-bond acceptors (Lipinski definition) is 4. The number of anilines is 1. The van der Waals surface area contributed by atoms with Gasteiger partial charge in [-0.3, -0.25) is 0 Å². The average molecular weight is 297 g/mol. The summed E-state index contributed by atoms with van der Waals surface area (Å²) >= 11 is 0. The third-order valence-electron chi connectivity index (χ3n) is 2.47. The highest BCUT2D eigenvalue weighted by Gasteiger charge is 2.05. The minimum Gasteiger partial charge on any atom is -0.487 e. The summed E-state index contributed by atoms with van der Waals surface area (Å²) in [5, 5.41) is 0. The summed E-state index contributed by atoms with van der Waals surface area (Å²) in [6.07, 6.45) is 4.78. The molecule has 0 radical (unpaired) electrons. The van der Waals surface area contributed by atoms with Crippen LogP contribution in [-0.4, -0.2) is 26.0 Å². The number of nitrogen functional groups attached to an aromatic ring is 1. The normalized spacial score (nSPS) is 11.4. The molecular formula is C15H24NO3P. The lowest BCUT2D eigenvalue weighted by Crippen LogP contribution is -1.99.